The maximum absolute atomic E-state index is 12.5. The van der Waals surface area contributed by atoms with Crippen LogP contribution in [-0.2, 0) is 0 Å². The highest BCUT2D eigenvalue weighted by molar-refractivity contribution is 6.07. The van der Waals surface area contributed by atoms with Crippen molar-refractivity contribution < 1.29 is 9.90 Å². The van der Waals surface area contributed by atoms with Gasteiger partial charge in [-0.2, -0.15) is 0 Å². The molecule has 1 saturated heterocycles. The Labute approximate surface area is 117 Å². The van der Waals surface area contributed by atoms with Gasteiger partial charge in [-0.05, 0) is 24.1 Å². The van der Waals surface area contributed by atoms with Crippen LogP contribution in [0, 0.1) is 5.92 Å². The van der Waals surface area contributed by atoms with Gasteiger partial charge in [-0.3, -0.25) is 4.79 Å². The third kappa shape index (κ3) is 1.86. The normalized spacial score (nSPS) is 17.5. The number of anilines is 1. The van der Waals surface area contributed by atoms with Gasteiger partial charge >= 0.3 is 0 Å². The molecule has 0 saturated carbocycles. The Morgan fingerprint density at radius 2 is 2.15 bits per heavy atom. The van der Waals surface area contributed by atoms with Gasteiger partial charge in [0.2, 0.25) is 0 Å². The SMILES string of the molecule is CC(C)C1(O)CN(C(=O)c2c[nH]c3ccc(N)cc23)C1. The second kappa shape index (κ2) is 4.24. The summed E-state index contributed by atoms with van der Waals surface area (Å²) in [6.07, 6.45) is 1.71. The first-order chi connectivity index (χ1) is 9.40. The number of fused-ring (bicyclic) bond motifs is 1. The zero-order valence-electron chi connectivity index (χ0n) is 11.7. The third-order valence-corrected chi connectivity index (χ3v) is 4.23. The van der Waals surface area contributed by atoms with E-state index in [1.165, 1.54) is 0 Å². The number of nitrogen functional groups attached to an aromatic ring is 1. The van der Waals surface area contributed by atoms with Crippen molar-refractivity contribution in [2.75, 3.05) is 18.8 Å². The molecule has 5 nitrogen and oxygen atoms in total. The van der Waals surface area contributed by atoms with Gasteiger partial charge in [0, 0.05) is 22.8 Å². The van der Waals surface area contributed by atoms with E-state index in [0.29, 0.717) is 24.3 Å². The Bertz CT molecular complexity index is 669. The summed E-state index contributed by atoms with van der Waals surface area (Å²) in [6.45, 7) is 4.71. The molecule has 2 aromatic rings. The van der Waals surface area contributed by atoms with Crippen LogP contribution >= 0.6 is 0 Å². The standard InChI is InChI=1S/C15H19N3O2/c1-9(2)15(20)7-18(8-15)14(19)12-6-17-13-4-3-10(16)5-11(12)13/h3-6,9,17,20H,7-8,16H2,1-2H3. The van der Waals surface area contributed by atoms with Crippen LogP contribution < -0.4 is 5.73 Å². The molecule has 0 radical (unpaired) electrons. The molecule has 0 atom stereocenters. The van der Waals surface area contributed by atoms with Gasteiger partial charge < -0.3 is 20.7 Å². The summed E-state index contributed by atoms with van der Waals surface area (Å²) in [7, 11) is 0. The molecule has 3 rings (SSSR count). The first-order valence-corrected chi connectivity index (χ1v) is 6.79. The van der Waals surface area contributed by atoms with E-state index in [0.717, 1.165) is 10.9 Å². The molecule has 4 N–H and O–H groups in total. The number of nitrogens with two attached hydrogens (primary N) is 1. The molecule has 0 aliphatic carbocycles. The largest absolute Gasteiger partial charge is 0.399 e. The third-order valence-electron chi connectivity index (χ3n) is 4.23. The van der Waals surface area contributed by atoms with E-state index in [4.69, 9.17) is 5.73 Å². The zero-order valence-corrected chi connectivity index (χ0v) is 11.7. The van der Waals surface area contributed by atoms with Crippen LogP contribution in [0.5, 0.6) is 0 Å². The van der Waals surface area contributed by atoms with Crippen LogP contribution in [0.15, 0.2) is 24.4 Å². The lowest BCUT2D eigenvalue weighted by Crippen LogP contribution is -2.65. The van der Waals surface area contributed by atoms with Gasteiger partial charge in [-0.25, -0.2) is 0 Å². The molecule has 106 valence electrons. The minimum absolute atomic E-state index is 0.0628. The summed E-state index contributed by atoms with van der Waals surface area (Å²) in [5.74, 6) is 0.0809. The highest BCUT2D eigenvalue weighted by Gasteiger charge is 2.46. The molecule has 2 heterocycles. The van der Waals surface area contributed by atoms with E-state index in [-0.39, 0.29) is 11.8 Å². The fourth-order valence-electron chi connectivity index (χ4n) is 2.61. The number of hydrogen-bond donors (Lipinski definition) is 3. The Morgan fingerprint density at radius 3 is 2.80 bits per heavy atom. The number of rotatable bonds is 2. The number of nitrogens with zero attached hydrogens (tertiary/aromatic N) is 1. The van der Waals surface area contributed by atoms with E-state index in [1.807, 2.05) is 19.9 Å². The fraction of sp³-hybridized carbons (Fsp3) is 0.400. The van der Waals surface area contributed by atoms with Crippen LogP contribution in [0.2, 0.25) is 0 Å². The summed E-state index contributed by atoms with van der Waals surface area (Å²) in [5.41, 5.74) is 7.16. The number of carbonyl (C=O) groups excluding carboxylic acids is 1. The van der Waals surface area contributed by atoms with Crippen molar-refractivity contribution in [2.45, 2.75) is 19.4 Å². The van der Waals surface area contributed by atoms with E-state index in [2.05, 4.69) is 4.98 Å². The van der Waals surface area contributed by atoms with Gasteiger partial charge in [0.15, 0.2) is 0 Å². The van der Waals surface area contributed by atoms with Crippen molar-refractivity contribution in [2.24, 2.45) is 5.92 Å². The predicted octanol–water partition coefficient (Wildman–Crippen LogP) is 1.59. The molecule has 1 aliphatic rings. The van der Waals surface area contributed by atoms with Crippen molar-refractivity contribution in [3.05, 3.63) is 30.0 Å². The summed E-state index contributed by atoms with van der Waals surface area (Å²) < 4.78 is 0. The average molecular weight is 273 g/mol. The van der Waals surface area contributed by atoms with E-state index >= 15 is 0 Å². The van der Waals surface area contributed by atoms with Crippen LogP contribution in [-0.4, -0.2) is 39.6 Å². The lowest BCUT2D eigenvalue weighted by molar-refractivity contribution is -0.110. The van der Waals surface area contributed by atoms with Gasteiger partial charge in [0.25, 0.3) is 5.91 Å². The smallest absolute Gasteiger partial charge is 0.256 e. The van der Waals surface area contributed by atoms with Crippen LogP contribution in [0.4, 0.5) is 5.69 Å². The second-order valence-corrected chi connectivity index (χ2v) is 5.93. The monoisotopic (exact) mass is 273 g/mol. The molecular weight excluding hydrogens is 254 g/mol. The Morgan fingerprint density at radius 1 is 1.45 bits per heavy atom. The summed E-state index contributed by atoms with van der Waals surface area (Å²) in [4.78, 5) is 17.2. The second-order valence-electron chi connectivity index (χ2n) is 5.93. The van der Waals surface area contributed by atoms with E-state index in [1.54, 1.807) is 23.2 Å². The number of aliphatic hydroxyl groups is 1. The van der Waals surface area contributed by atoms with Crippen molar-refractivity contribution in [3.63, 3.8) is 0 Å². The molecule has 1 aliphatic heterocycles. The number of β-amino-alcohol motifs (C(OH)–C–C–N with tert-alkyl or cyclic N) is 1. The van der Waals surface area contributed by atoms with Crippen LogP contribution in [0.3, 0.4) is 0 Å². The molecule has 20 heavy (non-hydrogen) atoms. The highest BCUT2D eigenvalue weighted by atomic mass is 16.3. The molecule has 0 unspecified atom stereocenters. The molecule has 5 heteroatoms. The van der Waals surface area contributed by atoms with Gasteiger partial charge in [0.05, 0.1) is 18.7 Å². The van der Waals surface area contributed by atoms with Crippen molar-refractivity contribution >= 4 is 22.5 Å². The predicted molar refractivity (Wildman–Crippen MR) is 78.4 cm³/mol. The molecule has 1 amide bonds. The van der Waals surface area contributed by atoms with Gasteiger partial charge in [0.1, 0.15) is 5.60 Å². The van der Waals surface area contributed by atoms with Gasteiger partial charge in [-0.15, -0.1) is 0 Å². The number of carbonyl (C=O) groups is 1. The first-order valence-electron chi connectivity index (χ1n) is 6.79. The average Bonchev–Trinajstić information content (AvgIpc) is 2.76. The lowest BCUT2D eigenvalue weighted by Gasteiger charge is -2.49. The van der Waals surface area contributed by atoms with Crippen molar-refractivity contribution in [1.82, 2.24) is 9.88 Å². The number of aromatic amines is 1. The minimum atomic E-state index is -0.749. The molecule has 1 aromatic heterocycles. The summed E-state index contributed by atoms with van der Waals surface area (Å²) in [6, 6.07) is 5.46. The Kier molecular flexibility index (Phi) is 2.76. The van der Waals surface area contributed by atoms with Crippen molar-refractivity contribution in [1.29, 1.82) is 0 Å². The quantitative estimate of drug-likeness (QED) is 0.727. The molecule has 1 aromatic carbocycles. The highest BCUT2D eigenvalue weighted by Crippen LogP contribution is 2.31. The Balaban J connectivity index is 1.86. The Hall–Kier alpha value is -2.01. The minimum Gasteiger partial charge on any atom is -0.399 e. The van der Waals surface area contributed by atoms with Crippen LogP contribution in [0.1, 0.15) is 24.2 Å². The fourth-order valence-corrected chi connectivity index (χ4v) is 2.61. The van der Waals surface area contributed by atoms with Gasteiger partial charge in [-0.1, -0.05) is 13.8 Å². The van der Waals surface area contributed by atoms with Crippen molar-refractivity contribution in [3.8, 4) is 0 Å². The van der Waals surface area contributed by atoms with Crippen LogP contribution in [0.25, 0.3) is 10.9 Å². The maximum atomic E-state index is 12.5. The number of amides is 1. The number of H-pyrrole nitrogens is 1. The zero-order chi connectivity index (χ0) is 14.5. The maximum Gasteiger partial charge on any atom is 0.256 e. The van der Waals surface area contributed by atoms with E-state index in [9.17, 15) is 9.90 Å². The summed E-state index contributed by atoms with van der Waals surface area (Å²) in [5, 5.41) is 11.1. The first kappa shape index (κ1) is 13.0. The number of benzene rings is 1. The molecular formula is C15H19N3O2. The molecule has 0 spiro atoms. The molecule has 1 fully saturated rings. The number of nitrogens with one attached hydrogen (secondary N) is 1. The number of likely N-dealkylation sites (tertiary alicyclic amines) is 1. The topological polar surface area (TPSA) is 82.3 Å². The number of hydrogen-bond acceptors (Lipinski definition) is 3. The summed E-state index contributed by atoms with van der Waals surface area (Å²) >= 11 is 0. The molecule has 0 bridgehead atoms. The van der Waals surface area contributed by atoms with E-state index < -0.39 is 5.60 Å². The lowest BCUT2D eigenvalue weighted by atomic mass is 9.82. The number of aromatic nitrogens is 1.